The lowest BCUT2D eigenvalue weighted by Crippen LogP contribution is -2.70. The van der Waals surface area contributed by atoms with E-state index in [1.807, 2.05) is 37.3 Å². The lowest BCUT2D eigenvalue weighted by atomic mass is 9.81. The van der Waals surface area contributed by atoms with E-state index in [0.717, 1.165) is 16.0 Å². The Morgan fingerprint density at radius 3 is 2.57 bits per heavy atom. The van der Waals surface area contributed by atoms with Crippen LogP contribution in [0.4, 0.5) is 16.4 Å². The van der Waals surface area contributed by atoms with Gasteiger partial charge in [-0.15, -0.1) is 0 Å². The Morgan fingerprint density at radius 2 is 1.94 bits per heavy atom. The molecule has 1 fully saturated rings. The number of carbonyl (C=O) groups is 3. The van der Waals surface area contributed by atoms with Crippen molar-refractivity contribution in [2.24, 2.45) is 13.0 Å². The number of likely N-dealkylation sites (tertiary alicyclic amines) is 1. The van der Waals surface area contributed by atoms with E-state index in [1.54, 1.807) is 49.5 Å². The molecule has 182 valence electrons. The SMILES string of the molecule is CC[C@@H](NC(=O)N1C(=O)[C@H](Cc2ccnc(N)c2)[C@H]1C(=O)N(C)c1cn(C)cn1)c1ccccc1. The van der Waals surface area contributed by atoms with Gasteiger partial charge in [-0.25, -0.2) is 14.8 Å². The molecule has 3 heterocycles. The second-order valence-electron chi connectivity index (χ2n) is 8.67. The van der Waals surface area contributed by atoms with Crippen LogP contribution in [-0.2, 0) is 23.1 Å². The van der Waals surface area contributed by atoms with Crippen molar-refractivity contribution >= 4 is 29.5 Å². The van der Waals surface area contributed by atoms with Gasteiger partial charge in [0.2, 0.25) is 5.91 Å². The fraction of sp³-hybridized carbons (Fsp3) is 0.320. The van der Waals surface area contributed by atoms with Crippen molar-refractivity contribution in [3.8, 4) is 0 Å². The fourth-order valence-corrected chi connectivity index (χ4v) is 4.34. The number of anilines is 2. The molecule has 1 aliphatic heterocycles. The first-order chi connectivity index (χ1) is 16.8. The molecule has 0 radical (unpaired) electrons. The number of benzene rings is 1. The average molecular weight is 476 g/mol. The van der Waals surface area contributed by atoms with Gasteiger partial charge in [0.1, 0.15) is 11.9 Å². The lowest BCUT2D eigenvalue weighted by molar-refractivity contribution is -0.156. The van der Waals surface area contributed by atoms with E-state index < -0.39 is 29.8 Å². The Morgan fingerprint density at radius 1 is 1.20 bits per heavy atom. The summed E-state index contributed by atoms with van der Waals surface area (Å²) in [6.45, 7) is 1.95. The van der Waals surface area contributed by atoms with E-state index in [-0.39, 0.29) is 12.5 Å². The minimum Gasteiger partial charge on any atom is -0.384 e. The highest BCUT2D eigenvalue weighted by Gasteiger charge is 2.55. The topological polar surface area (TPSA) is 126 Å². The number of likely N-dealkylation sites (N-methyl/N-ethyl adjacent to an activating group) is 1. The molecular formula is C25H29N7O3. The molecule has 0 saturated carbocycles. The molecule has 35 heavy (non-hydrogen) atoms. The van der Waals surface area contributed by atoms with Gasteiger partial charge in [-0.3, -0.25) is 19.4 Å². The molecule has 0 bridgehead atoms. The Bertz CT molecular complexity index is 1230. The Balaban J connectivity index is 1.59. The number of nitrogens with one attached hydrogen (secondary N) is 1. The number of carbonyl (C=O) groups excluding carboxylic acids is 3. The van der Waals surface area contributed by atoms with Crippen molar-refractivity contribution in [3.05, 3.63) is 72.3 Å². The monoisotopic (exact) mass is 475 g/mol. The summed E-state index contributed by atoms with van der Waals surface area (Å²) >= 11 is 0. The molecule has 1 aromatic carbocycles. The van der Waals surface area contributed by atoms with Gasteiger partial charge < -0.3 is 15.6 Å². The molecule has 10 heteroatoms. The molecule has 0 aliphatic carbocycles. The molecule has 3 N–H and O–H groups in total. The molecular weight excluding hydrogens is 446 g/mol. The van der Waals surface area contributed by atoms with Crippen LogP contribution in [-0.4, -0.2) is 50.4 Å². The first-order valence-corrected chi connectivity index (χ1v) is 11.4. The third kappa shape index (κ3) is 4.86. The lowest BCUT2D eigenvalue weighted by Gasteiger charge is -2.45. The Labute approximate surface area is 203 Å². The van der Waals surface area contributed by atoms with Gasteiger partial charge in [0.25, 0.3) is 5.91 Å². The number of rotatable bonds is 7. The summed E-state index contributed by atoms with van der Waals surface area (Å²) in [4.78, 5) is 50.7. The van der Waals surface area contributed by atoms with E-state index in [9.17, 15) is 14.4 Å². The number of aryl methyl sites for hydroxylation is 1. The molecule has 10 nitrogen and oxygen atoms in total. The summed E-state index contributed by atoms with van der Waals surface area (Å²) in [5, 5.41) is 2.92. The maximum atomic E-state index is 13.6. The third-order valence-corrected chi connectivity index (χ3v) is 6.26. The second kappa shape index (κ2) is 9.96. The van der Waals surface area contributed by atoms with Crippen LogP contribution < -0.4 is 16.0 Å². The molecule has 3 atom stereocenters. The summed E-state index contributed by atoms with van der Waals surface area (Å²) in [6, 6.07) is 11.1. The zero-order valence-corrected chi connectivity index (χ0v) is 20.0. The van der Waals surface area contributed by atoms with Crippen molar-refractivity contribution in [3.63, 3.8) is 0 Å². The van der Waals surface area contributed by atoms with Gasteiger partial charge in [-0.1, -0.05) is 37.3 Å². The summed E-state index contributed by atoms with van der Waals surface area (Å²) in [7, 11) is 3.39. The van der Waals surface area contributed by atoms with Crippen LogP contribution in [0.2, 0.25) is 0 Å². The minimum atomic E-state index is -0.975. The smallest absolute Gasteiger partial charge is 0.325 e. The minimum absolute atomic E-state index is 0.262. The van der Waals surface area contributed by atoms with Crippen molar-refractivity contribution in [1.29, 1.82) is 0 Å². The normalized spacial score (nSPS) is 18.0. The third-order valence-electron chi connectivity index (χ3n) is 6.26. The number of hydrogen-bond donors (Lipinski definition) is 2. The largest absolute Gasteiger partial charge is 0.384 e. The van der Waals surface area contributed by atoms with Crippen LogP contribution in [0.5, 0.6) is 0 Å². The molecule has 3 aromatic rings. The molecule has 2 aromatic heterocycles. The standard InChI is InChI=1S/C25H29N7O3/c1-4-19(17-8-6-5-7-9-17)29-25(35)32-22(24(34)31(3)21-14-30(2)15-28-21)18(23(32)33)12-16-10-11-27-20(26)13-16/h5-11,13-15,18-19,22H,4,12H2,1-3H3,(H2,26,27)(H,29,35)/t18-,19-,22+/m1/s1. The molecule has 1 saturated heterocycles. The van der Waals surface area contributed by atoms with Crippen molar-refractivity contribution in [2.75, 3.05) is 17.7 Å². The number of urea groups is 1. The van der Waals surface area contributed by atoms with Crippen molar-refractivity contribution in [2.45, 2.75) is 31.8 Å². The fourth-order valence-electron chi connectivity index (χ4n) is 4.34. The highest BCUT2D eigenvalue weighted by molar-refractivity contribution is 6.12. The Kier molecular flexibility index (Phi) is 6.81. The summed E-state index contributed by atoms with van der Waals surface area (Å²) in [5.41, 5.74) is 7.49. The second-order valence-corrected chi connectivity index (χ2v) is 8.67. The van der Waals surface area contributed by atoms with Gasteiger partial charge in [0.05, 0.1) is 18.3 Å². The summed E-state index contributed by atoms with van der Waals surface area (Å²) in [5.74, 6) is -0.754. The number of nitrogens with two attached hydrogens (primary N) is 1. The van der Waals surface area contributed by atoms with Gasteiger partial charge in [-0.2, -0.15) is 0 Å². The van der Waals surface area contributed by atoms with Crippen LogP contribution >= 0.6 is 0 Å². The zero-order valence-electron chi connectivity index (χ0n) is 20.0. The maximum absolute atomic E-state index is 13.6. The van der Waals surface area contributed by atoms with E-state index in [1.165, 1.54) is 4.90 Å². The first-order valence-electron chi connectivity index (χ1n) is 11.4. The van der Waals surface area contributed by atoms with E-state index in [4.69, 9.17) is 5.73 Å². The van der Waals surface area contributed by atoms with Gasteiger partial charge in [0.15, 0.2) is 5.82 Å². The van der Waals surface area contributed by atoms with Crippen LogP contribution in [0.3, 0.4) is 0 Å². The number of aromatic nitrogens is 3. The number of imidazole rings is 1. The molecule has 4 amide bonds. The number of β-lactam (4-membered cyclic amide) rings is 1. The van der Waals surface area contributed by atoms with Crippen LogP contribution in [0.15, 0.2) is 61.2 Å². The van der Waals surface area contributed by atoms with E-state index >= 15 is 0 Å². The number of nitrogens with zero attached hydrogens (tertiary/aromatic N) is 5. The summed E-state index contributed by atoms with van der Waals surface area (Å²) < 4.78 is 1.72. The maximum Gasteiger partial charge on any atom is 0.325 e. The number of pyridine rings is 1. The number of nitrogen functional groups attached to an aromatic ring is 1. The highest BCUT2D eigenvalue weighted by Crippen LogP contribution is 2.33. The number of hydrogen-bond acceptors (Lipinski definition) is 6. The van der Waals surface area contributed by atoms with Crippen LogP contribution in [0, 0.1) is 5.92 Å². The predicted molar refractivity (Wildman–Crippen MR) is 131 cm³/mol. The van der Waals surface area contributed by atoms with Crippen molar-refractivity contribution in [1.82, 2.24) is 24.8 Å². The van der Waals surface area contributed by atoms with Crippen molar-refractivity contribution < 1.29 is 14.4 Å². The molecule has 0 unspecified atom stereocenters. The first kappa shape index (κ1) is 23.9. The number of imide groups is 1. The highest BCUT2D eigenvalue weighted by atomic mass is 16.2. The molecule has 0 spiro atoms. The van der Waals surface area contributed by atoms with Crippen LogP contribution in [0.25, 0.3) is 0 Å². The quantitative estimate of drug-likeness (QED) is 0.505. The summed E-state index contributed by atoms with van der Waals surface area (Å²) in [6.07, 6.45) is 5.73. The van der Waals surface area contributed by atoms with Gasteiger partial charge in [-0.05, 0) is 36.1 Å². The Hall–Kier alpha value is -4.21. The average Bonchev–Trinajstić information content (AvgIpc) is 3.29. The predicted octanol–water partition coefficient (Wildman–Crippen LogP) is 2.29. The van der Waals surface area contributed by atoms with Crippen LogP contribution in [0.1, 0.15) is 30.5 Å². The zero-order chi connectivity index (χ0) is 25.1. The van der Waals surface area contributed by atoms with E-state index in [0.29, 0.717) is 18.1 Å². The van der Waals surface area contributed by atoms with Gasteiger partial charge in [0, 0.05) is 26.5 Å². The molecule has 1 aliphatic rings. The number of amides is 4. The van der Waals surface area contributed by atoms with E-state index in [2.05, 4.69) is 15.3 Å². The molecule has 4 rings (SSSR count). The van der Waals surface area contributed by atoms with Gasteiger partial charge >= 0.3 is 6.03 Å².